The zero-order chi connectivity index (χ0) is 14.7. The van der Waals surface area contributed by atoms with E-state index in [-0.39, 0.29) is 18.6 Å². The third-order valence-electron chi connectivity index (χ3n) is 3.50. The van der Waals surface area contributed by atoms with Crippen molar-refractivity contribution in [2.75, 3.05) is 20.8 Å². The molecule has 1 aliphatic heterocycles. The molecule has 110 valence electrons. The number of amides is 1. The lowest BCUT2D eigenvalue weighted by Crippen LogP contribution is -2.52. The maximum Gasteiger partial charge on any atom is 0.254 e. The molecule has 1 heterocycles. The van der Waals surface area contributed by atoms with E-state index in [1.807, 2.05) is 12.1 Å². The minimum atomic E-state index is -0.655. The number of carbonyl (C=O) groups is 1. The fourth-order valence-corrected chi connectivity index (χ4v) is 2.48. The van der Waals surface area contributed by atoms with Crippen LogP contribution in [0.3, 0.4) is 0 Å². The highest BCUT2D eigenvalue weighted by Crippen LogP contribution is 2.20. The molecule has 5 nitrogen and oxygen atoms in total. The van der Waals surface area contributed by atoms with Crippen molar-refractivity contribution in [1.82, 2.24) is 4.90 Å². The number of hydrogen-bond donors (Lipinski definition) is 1. The molecule has 0 spiro atoms. The number of rotatable bonds is 3. The normalized spacial score (nSPS) is 26.3. The van der Waals surface area contributed by atoms with Crippen molar-refractivity contribution in [3.63, 3.8) is 0 Å². The number of aliphatic hydroxyl groups is 1. The smallest absolute Gasteiger partial charge is 0.254 e. The van der Waals surface area contributed by atoms with Gasteiger partial charge in [-0.25, -0.2) is 0 Å². The van der Waals surface area contributed by atoms with E-state index in [9.17, 15) is 9.90 Å². The molecule has 1 saturated heterocycles. The second-order valence-corrected chi connectivity index (χ2v) is 5.71. The fraction of sp³-hybridized carbons (Fsp3) is 0.500. The van der Waals surface area contributed by atoms with E-state index in [4.69, 9.17) is 9.47 Å². The molecule has 20 heavy (non-hydrogen) atoms. The Morgan fingerprint density at radius 1 is 1.45 bits per heavy atom. The molecule has 6 heteroatoms. The lowest BCUT2D eigenvalue weighted by Gasteiger charge is -2.37. The van der Waals surface area contributed by atoms with Gasteiger partial charge in [0.2, 0.25) is 0 Å². The maximum atomic E-state index is 12.4. The average Bonchev–Trinajstić information content (AvgIpc) is 2.46. The number of nitrogens with zero attached hydrogens (tertiary/aromatic N) is 1. The van der Waals surface area contributed by atoms with Crippen molar-refractivity contribution < 1.29 is 19.4 Å². The number of methoxy groups -OCH3 is 1. The molecule has 0 saturated carbocycles. The van der Waals surface area contributed by atoms with Crippen LogP contribution in [0.1, 0.15) is 16.8 Å². The van der Waals surface area contributed by atoms with Gasteiger partial charge in [-0.2, -0.15) is 0 Å². The van der Waals surface area contributed by atoms with Gasteiger partial charge in [-0.3, -0.25) is 4.79 Å². The summed E-state index contributed by atoms with van der Waals surface area (Å²) in [4.78, 5) is 13.9. The van der Waals surface area contributed by atoms with Gasteiger partial charge in [-0.05, 0) is 24.3 Å². The quantitative estimate of drug-likeness (QED) is 0.906. The molecule has 2 rings (SSSR count). The molecule has 0 aromatic heterocycles. The summed E-state index contributed by atoms with van der Waals surface area (Å²) in [5.41, 5.74) is 0.580. The Bertz CT molecular complexity index is 465. The van der Waals surface area contributed by atoms with Crippen molar-refractivity contribution in [2.45, 2.75) is 24.9 Å². The molecule has 0 bridgehead atoms. The summed E-state index contributed by atoms with van der Waals surface area (Å²) >= 11 is 3.33. The second-order valence-electron chi connectivity index (χ2n) is 4.79. The second kappa shape index (κ2) is 6.67. The highest BCUT2D eigenvalue weighted by Gasteiger charge is 2.34. The van der Waals surface area contributed by atoms with E-state index >= 15 is 0 Å². The molecule has 0 aliphatic carbocycles. The predicted molar refractivity (Wildman–Crippen MR) is 77.4 cm³/mol. The molecular formula is C14H18BrNO4. The average molecular weight is 344 g/mol. The molecule has 1 aromatic rings. The minimum Gasteiger partial charge on any atom is -0.391 e. The fourth-order valence-electron chi connectivity index (χ4n) is 2.22. The Hall–Kier alpha value is -0.950. The molecule has 1 N–H and O–H groups in total. The number of aliphatic hydroxyl groups excluding tert-OH is 1. The molecule has 1 fully saturated rings. The van der Waals surface area contributed by atoms with E-state index in [1.54, 1.807) is 19.2 Å². The molecule has 1 aliphatic rings. The summed E-state index contributed by atoms with van der Waals surface area (Å²) in [5, 5.41) is 10.1. The number of benzene rings is 1. The van der Waals surface area contributed by atoms with Gasteiger partial charge in [-0.1, -0.05) is 15.9 Å². The first-order chi connectivity index (χ1) is 9.52. The van der Waals surface area contributed by atoms with Gasteiger partial charge in [0.05, 0.1) is 18.8 Å². The van der Waals surface area contributed by atoms with Gasteiger partial charge in [-0.15, -0.1) is 0 Å². The zero-order valence-electron chi connectivity index (χ0n) is 11.5. The number of halogens is 1. The Morgan fingerprint density at radius 2 is 2.10 bits per heavy atom. The van der Waals surface area contributed by atoms with E-state index in [2.05, 4.69) is 15.9 Å². The van der Waals surface area contributed by atoms with Crippen LogP contribution in [0.25, 0.3) is 0 Å². The van der Waals surface area contributed by atoms with Crippen LogP contribution in [0.5, 0.6) is 0 Å². The van der Waals surface area contributed by atoms with Crippen LogP contribution in [0.2, 0.25) is 0 Å². The van der Waals surface area contributed by atoms with Crippen LogP contribution in [-0.2, 0) is 9.47 Å². The third kappa shape index (κ3) is 3.38. The van der Waals surface area contributed by atoms with Gasteiger partial charge >= 0.3 is 0 Å². The van der Waals surface area contributed by atoms with Crippen LogP contribution in [0, 0.1) is 0 Å². The summed E-state index contributed by atoms with van der Waals surface area (Å²) in [5.74, 6) is -0.138. The van der Waals surface area contributed by atoms with Crippen molar-refractivity contribution in [3.8, 4) is 0 Å². The topological polar surface area (TPSA) is 59.0 Å². The van der Waals surface area contributed by atoms with Gasteiger partial charge in [0, 0.05) is 30.6 Å². The Labute approximate surface area is 126 Å². The third-order valence-corrected chi connectivity index (χ3v) is 4.03. The van der Waals surface area contributed by atoms with Crippen LogP contribution in [0.15, 0.2) is 28.7 Å². The predicted octanol–water partition coefficient (Wildman–Crippen LogP) is 1.64. The SMILES string of the molecule is CO[C@@H]1C[C@@H](O)[C@H](N(C)C(=O)c2ccc(Br)cc2)CO1. The van der Waals surface area contributed by atoms with Crippen molar-refractivity contribution >= 4 is 21.8 Å². The molecule has 0 radical (unpaired) electrons. The first-order valence-electron chi connectivity index (χ1n) is 6.38. The summed E-state index contributed by atoms with van der Waals surface area (Å²) in [7, 11) is 3.21. The molecular weight excluding hydrogens is 326 g/mol. The van der Waals surface area contributed by atoms with E-state index < -0.39 is 12.4 Å². The minimum absolute atomic E-state index is 0.138. The van der Waals surface area contributed by atoms with Crippen LogP contribution in [0.4, 0.5) is 0 Å². The Kier molecular flexibility index (Phi) is 5.15. The maximum absolute atomic E-state index is 12.4. The van der Waals surface area contributed by atoms with Gasteiger partial charge in [0.1, 0.15) is 0 Å². The molecule has 1 aromatic carbocycles. The van der Waals surface area contributed by atoms with Crippen molar-refractivity contribution in [1.29, 1.82) is 0 Å². The summed E-state index contributed by atoms with van der Waals surface area (Å²) in [6.45, 7) is 0.262. The van der Waals surface area contributed by atoms with Crippen LogP contribution >= 0.6 is 15.9 Å². The monoisotopic (exact) mass is 343 g/mol. The number of ether oxygens (including phenoxy) is 2. The molecule has 0 unspecified atom stereocenters. The first kappa shape index (κ1) is 15.4. The number of likely N-dealkylation sites (N-methyl/N-ethyl adjacent to an activating group) is 1. The summed E-state index contributed by atoms with van der Waals surface area (Å²) in [6.07, 6.45) is -0.699. The van der Waals surface area contributed by atoms with E-state index in [1.165, 1.54) is 12.0 Å². The molecule has 3 atom stereocenters. The summed E-state index contributed by atoms with van der Waals surface area (Å²) in [6, 6.07) is 6.76. The highest BCUT2D eigenvalue weighted by atomic mass is 79.9. The Balaban J connectivity index is 2.05. The van der Waals surface area contributed by atoms with Gasteiger partial charge < -0.3 is 19.5 Å². The largest absolute Gasteiger partial charge is 0.391 e. The zero-order valence-corrected chi connectivity index (χ0v) is 13.0. The standard InChI is InChI=1S/C14H18BrNO4/c1-16(11-8-20-13(19-2)7-12(11)17)14(18)9-3-5-10(15)6-4-9/h3-6,11-13,17H,7-8H2,1-2H3/t11-,12-,13+/m1/s1. The first-order valence-corrected chi connectivity index (χ1v) is 7.17. The van der Waals surface area contributed by atoms with E-state index in [0.29, 0.717) is 12.0 Å². The van der Waals surface area contributed by atoms with E-state index in [0.717, 1.165) is 4.47 Å². The molecule has 1 amide bonds. The van der Waals surface area contributed by atoms with Crippen LogP contribution in [-0.4, -0.2) is 55.1 Å². The Morgan fingerprint density at radius 3 is 2.65 bits per heavy atom. The van der Waals surface area contributed by atoms with Crippen LogP contribution < -0.4 is 0 Å². The number of carbonyl (C=O) groups excluding carboxylic acids is 1. The van der Waals surface area contributed by atoms with Crippen molar-refractivity contribution in [2.24, 2.45) is 0 Å². The lowest BCUT2D eigenvalue weighted by atomic mass is 10.0. The van der Waals surface area contributed by atoms with Crippen molar-refractivity contribution in [3.05, 3.63) is 34.3 Å². The summed E-state index contributed by atoms with van der Waals surface area (Å²) < 4.78 is 11.4. The lowest BCUT2D eigenvalue weighted by molar-refractivity contribution is -0.189. The van der Waals surface area contributed by atoms with Gasteiger partial charge in [0.15, 0.2) is 6.29 Å². The highest BCUT2D eigenvalue weighted by molar-refractivity contribution is 9.10. The number of hydrogen-bond acceptors (Lipinski definition) is 4. The van der Waals surface area contributed by atoms with Gasteiger partial charge in [0.25, 0.3) is 5.91 Å².